The summed E-state index contributed by atoms with van der Waals surface area (Å²) >= 11 is 0. The van der Waals surface area contributed by atoms with Gasteiger partial charge in [0.1, 0.15) is 0 Å². The lowest BCUT2D eigenvalue weighted by atomic mass is 9.87. The van der Waals surface area contributed by atoms with Crippen LogP contribution in [0.15, 0.2) is 18.2 Å². The monoisotopic (exact) mass is 229 g/mol. The number of piperidine rings is 1. The topological polar surface area (TPSA) is 12.0 Å². The highest BCUT2D eigenvalue weighted by atomic mass is 14.9. The molecule has 1 heterocycles. The first-order valence-electron chi connectivity index (χ1n) is 7.15. The van der Waals surface area contributed by atoms with E-state index in [1.165, 1.54) is 45.1 Å². The zero-order valence-corrected chi connectivity index (χ0v) is 10.8. The van der Waals surface area contributed by atoms with Crippen molar-refractivity contribution < 1.29 is 0 Å². The molecule has 1 nitrogen and oxygen atoms in total. The second-order valence-electron chi connectivity index (χ2n) is 5.91. The van der Waals surface area contributed by atoms with Crippen LogP contribution in [0, 0.1) is 5.92 Å². The zero-order valence-electron chi connectivity index (χ0n) is 10.8. The third kappa shape index (κ3) is 2.55. The molecule has 1 aromatic rings. The largest absolute Gasteiger partial charge is 0.314 e. The summed E-state index contributed by atoms with van der Waals surface area (Å²) in [5.74, 6) is 0.894. The van der Waals surface area contributed by atoms with Gasteiger partial charge in [0.2, 0.25) is 0 Å². The maximum Gasteiger partial charge on any atom is 0.00414 e. The van der Waals surface area contributed by atoms with Gasteiger partial charge in [-0.15, -0.1) is 0 Å². The Balaban J connectivity index is 1.68. The van der Waals surface area contributed by atoms with Crippen LogP contribution in [0.2, 0.25) is 0 Å². The fourth-order valence-electron chi connectivity index (χ4n) is 3.51. The maximum absolute atomic E-state index is 3.54. The third-order valence-corrected chi connectivity index (χ3v) is 4.42. The van der Waals surface area contributed by atoms with Crippen molar-refractivity contribution in [1.29, 1.82) is 0 Å². The summed E-state index contributed by atoms with van der Waals surface area (Å²) in [6.07, 6.45) is 7.97. The number of hydrogen-bond donors (Lipinski definition) is 1. The second kappa shape index (κ2) is 4.81. The van der Waals surface area contributed by atoms with E-state index in [2.05, 4.69) is 30.4 Å². The van der Waals surface area contributed by atoms with Crippen LogP contribution in [0.25, 0.3) is 0 Å². The van der Waals surface area contributed by atoms with Gasteiger partial charge in [0, 0.05) is 6.04 Å². The van der Waals surface area contributed by atoms with Gasteiger partial charge >= 0.3 is 0 Å². The average molecular weight is 229 g/mol. The Hall–Kier alpha value is -0.820. The lowest BCUT2D eigenvalue weighted by Gasteiger charge is -2.28. The second-order valence-corrected chi connectivity index (χ2v) is 5.91. The van der Waals surface area contributed by atoms with Crippen LogP contribution in [0.5, 0.6) is 0 Å². The average Bonchev–Trinajstić information content (AvgIpc) is 2.76. The van der Waals surface area contributed by atoms with Crippen molar-refractivity contribution in [1.82, 2.24) is 5.32 Å². The van der Waals surface area contributed by atoms with Crippen LogP contribution < -0.4 is 5.32 Å². The van der Waals surface area contributed by atoms with Crippen LogP contribution in [-0.2, 0) is 19.3 Å². The van der Waals surface area contributed by atoms with Gasteiger partial charge in [-0.2, -0.15) is 0 Å². The Morgan fingerprint density at radius 3 is 3.00 bits per heavy atom. The molecule has 1 saturated heterocycles. The zero-order chi connectivity index (χ0) is 11.7. The van der Waals surface area contributed by atoms with E-state index in [1.54, 1.807) is 16.7 Å². The normalized spacial score (nSPS) is 28.1. The van der Waals surface area contributed by atoms with E-state index in [1.807, 2.05) is 0 Å². The Morgan fingerprint density at radius 1 is 1.24 bits per heavy atom. The highest BCUT2D eigenvalue weighted by Gasteiger charge is 2.19. The smallest absolute Gasteiger partial charge is 0.00414 e. The molecule has 1 aliphatic heterocycles. The minimum Gasteiger partial charge on any atom is -0.314 e. The molecule has 0 bridgehead atoms. The van der Waals surface area contributed by atoms with Gasteiger partial charge in [0.25, 0.3) is 0 Å². The molecule has 0 radical (unpaired) electrons. The highest BCUT2D eigenvalue weighted by molar-refractivity contribution is 5.35. The minimum atomic E-state index is 0.711. The quantitative estimate of drug-likeness (QED) is 0.821. The fraction of sp³-hybridized carbons (Fsp3) is 0.625. The van der Waals surface area contributed by atoms with E-state index >= 15 is 0 Å². The van der Waals surface area contributed by atoms with Crippen LogP contribution >= 0.6 is 0 Å². The molecule has 1 aliphatic carbocycles. The number of aryl methyl sites for hydroxylation is 2. The predicted molar refractivity (Wildman–Crippen MR) is 72.4 cm³/mol. The van der Waals surface area contributed by atoms with Crippen molar-refractivity contribution in [2.24, 2.45) is 5.92 Å². The number of hydrogen-bond acceptors (Lipinski definition) is 1. The van der Waals surface area contributed by atoms with Gasteiger partial charge in [0.15, 0.2) is 0 Å². The van der Waals surface area contributed by atoms with Crippen LogP contribution in [0.1, 0.15) is 42.9 Å². The van der Waals surface area contributed by atoms with Crippen molar-refractivity contribution in [3.05, 3.63) is 34.9 Å². The van der Waals surface area contributed by atoms with E-state index in [0.717, 1.165) is 5.92 Å². The molecule has 17 heavy (non-hydrogen) atoms. The van der Waals surface area contributed by atoms with Crippen molar-refractivity contribution in [3.8, 4) is 0 Å². The summed E-state index contributed by atoms with van der Waals surface area (Å²) in [7, 11) is 0. The molecule has 3 rings (SSSR count). The third-order valence-electron chi connectivity index (χ3n) is 4.42. The van der Waals surface area contributed by atoms with E-state index in [0.29, 0.717) is 6.04 Å². The first-order valence-corrected chi connectivity index (χ1v) is 7.15. The molecule has 1 heteroatoms. The van der Waals surface area contributed by atoms with Gasteiger partial charge in [-0.3, -0.25) is 0 Å². The molecule has 2 aliphatic rings. The summed E-state index contributed by atoms with van der Waals surface area (Å²) in [4.78, 5) is 0. The van der Waals surface area contributed by atoms with E-state index < -0.39 is 0 Å². The van der Waals surface area contributed by atoms with Gasteiger partial charge in [-0.05, 0) is 74.6 Å². The van der Waals surface area contributed by atoms with Crippen LogP contribution in [-0.4, -0.2) is 12.6 Å². The molecule has 0 amide bonds. The molecule has 0 aromatic heterocycles. The number of rotatable bonds is 2. The number of nitrogens with one attached hydrogen (secondary N) is 1. The molecular formula is C16H23N. The number of benzene rings is 1. The molecule has 1 aromatic carbocycles. The maximum atomic E-state index is 3.54. The van der Waals surface area contributed by atoms with Gasteiger partial charge in [-0.1, -0.05) is 18.2 Å². The van der Waals surface area contributed by atoms with E-state index in [-0.39, 0.29) is 0 Å². The molecular weight excluding hydrogens is 206 g/mol. The summed E-state index contributed by atoms with van der Waals surface area (Å²) in [6, 6.07) is 7.94. The lowest BCUT2D eigenvalue weighted by Crippen LogP contribution is -2.36. The predicted octanol–water partition coefficient (Wildman–Crippen LogP) is 3.11. The highest BCUT2D eigenvalue weighted by Crippen LogP contribution is 2.26. The summed E-state index contributed by atoms with van der Waals surface area (Å²) in [5, 5.41) is 3.54. The molecule has 0 spiro atoms. The van der Waals surface area contributed by atoms with Crippen molar-refractivity contribution in [3.63, 3.8) is 0 Å². The van der Waals surface area contributed by atoms with Crippen LogP contribution in [0.4, 0.5) is 0 Å². The van der Waals surface area contributed by atoms with Crippen molar-refractivity contribution in [2.75, 3.05) is 6.54 Å². The van der Waals surface area contributed by atoms with Gasteiger partial charge in [0.05, 0.1) is 0 Å². The Morgan fingerprint density at radius 2 is 2.12 bits per heavy atom. The Kier molecular flexibility index (Phi) is 3.19. The van der Waals surface area contributed by atoms with Gasteiger partial charge in [-0.25, -0.2) is 0 Å². The SMILES string of the molecule is CC1CC(Cc2ccc3c(c2)CCC3)CCN1. The van der Waals surface area contributed by atoms with Crippen LogP contribution in [0.3, 0.4) is 0 Å². The van der Waals surface area contributed by atoms with E-state index in [4.69, 9.17) is 0 Å². The Bertz CT molecular complexity index is 397. The Labute approximate surface area is 105 Å². The molecule has 2 atom stereocenters. The molecule has 92 valence electrons. The standard InChI is InChI=1S/C16H23N/c1-12-9-14(7-8-17-12)10-13-5-6-15-3-2-4-16(15)11-13/h5-6,11-12,14,17H,2-4,7-10H2,1H3. The molecule has 1 fully saturated rings. The first-order chi connectivity index (χ1) is 8.31. The lowest BCUT2D eigenvalue weighted by molar-refractivity contribution is 0.314. The first kappa shape index (κ1) is 11.3. The number of fused-ring (bicyclic) bond motifs is 1. The molecule has 2 unspecified atom stereocenters. The fourth-order valence-corrected chi connectivity index (χ4v) is 3.51. The van der Waals surface area contributed by atoms with Crippen molar-refractivity contribution in [2.45, 2.75) is 51.5 Å². The van der Waals surface area contributed by atoms with Crippen molar-refractivity contribution >= 4 is 0 Å². The summed E-state index contributed by atoms with van der Waals surface area (Å²) < 4.78 is 0. The van der Waals surface area contributed by atoms with Gasteiger partial charge < -0.3 is 5.32 Å². The summed E-state index contributed by atoms with van der Waals surface area (Å²) in [5.41, 5.74) is 4.81. The van der Waals surface area contributed by atoms with E-state index in [9.17, 15) is 0 Å². The molecule has 0 saturated carbocycles. The summed E-state index contributed by atoms with van der Waals surface area (Å²) in [6.45, 7) is 3.52. The minimum absolute atomic E-state index is 0.711. The molecule has 1 N–H and O–H groups in total.